The van der Waals surface area contributed by atoms with Gasteiger partial charge in [-0.1, -0.05) is 55.5 Å². The molecule has 160 valence electrons. The lowest BCUT2D eigenvalue weighted by Gasteiger charge is -2.12. The van der Waals surface area contributed by atoms with Gasteiger partial charge in [0.15, 0.2) is 0 Å². The van der Waals surface area contributed by atoms with E-state index in [0.29, 0.717) is 35.8 Å². The average molecular weight is 418 g/mol. The van der Waals surface area contributed by atoms with Crippen LogP contribution in [0.15, 0.2) is 78.9 Å². The zero-order chi connectivity index (χ0) is 21.9. The maximum absolute atomic E-state index is 12.5. The lowest BCUT2D eigenvalue weighted by Crippen LogP contribution is -2.41. The van der Waals surface area contributed by atoms with Gasteiger partial charge in [-0.25, -0.2) is 0 Å². The Kier molecular flexibility index (Phi) is 8.05. The van der Waals surface area contributed by atoms with Gasteiger partial charge < -0.3 is 9.47 Å². The molecule has 0 aromatic heterocycles. The monoisotopic (exact) mass is 418 g/mol. The fourth-order valence-corrected chi connectivity index (χ4v) is 2.90. The van der Waals surface area contributed by atoms with Crippen molar-refractivity contribution in [1.29, 1.82) is 0 Å². The van der Waals surface area contributed by atoms with Gasteiger partial charge in [0.1, 0.15) is 11.5 Å². The molecular formula is C25H26N2O4. The topological polar surface area (TPSA) is 76.7 Å². The van der Waals surface area contributed by atoms with Crippen molar-refractivity contribution in [2.75, 3.05) is 13.2 Å². The number of ether oxygens (including phenoxy) is 2. The number of benzene rings is 3. The van der Waals surface area contributed by atoms with Crippen molar-refractivity contribution in [2.45, 2.75) is 19.8 Å². The van der Waals surface area contributed by atoms with Gasteiger partial charge in [-0.15, -0.1) is 0 Å². The second-order valence-electron chi connectivity index (χ2n) is 6.86. The summed E-state index contributed by atoms with van der Waals surface area (Å²) in [5, 5.41) is 0. The molecular weight excluding hydrogens is 392 g/mol. The summed E-state index contributed by atoms with van der Waals surface area (Å²) in [6, 6.07) is 23.8. The number of hydrogen-bond acceptors (Lipinski definition) is 4. The van der Waals surface area contributed by atoms with Crippen LogP contribution in [0.25, 0.3) is 0 Å². The van der Waals surface area contributed by atoms with Gasteiger partial charge in [0.05, 0.1) is 18.8 Å². The maximum atomic E-state index is 12.5. The molecule has 3 aromatic rings. The van der Waals surface area contributed by atoms with Gasteiger partial charge in [-0.05, 0) is 42.3 Å². The van der Waals surface area contributed by atoms with Crippen molar-refractivity contribution in [3.8, 4) is 11.5 Å². The highest BCUT2D eigenvalue weighted by Crippen LogP contribution is 2.18. The third-order valence-corrected chi connectivity index (χ3v) is 4.48. The minimum Gasteiger partial charge on any atom is -0.493 e. The van der Waals surface area contributed by atoms with Gasteiger partial charge in [0, 0.05) is 12.0 Å². The highest BCUT2D eigenvalue weighted by molar-refractivity contribution is 6.00. The van der Waals surface area contributed by atoms with Crippen molar-refractivity contribution in [2.24, 2.45) is 0 Å². The zero-order valence-corrected chi connectivity index (χ0v) is 17.5. The normalized spacial score (nSPS) is 10.2. The fourth-order valence-electron chi connectivity index (χ4n) is 2.90. The summed E-state index contributed by atoms with van der Waals surface area (Å²) >= 11 is 0. The highest BCUT2D eigenvalue weighted by atomic mass is 16.5. The first kappa shape index (κ1) is 21.9. The number of amides is 2. The lowest BCUT2D eigenvalue weighted by molar-refractivity contribution is 0.0844. The Balaban J connectivity index is 1.54. The van der Waals surface area contributed by atoms with Crippen LogP contribution in [0.5, 0.6) is 11.5 Å². The van der Waals surface area contributed by atoms with E-state index in [1.807, 2.05) is 37.3 Å². The van der Waals surface area contributed by atoms with Crippen LogP contribution in [0, 0.1) is 0 Å². The molecule has 0 unspecified atom stereocenters. The van der Waals surface area contributed by atoms with E-state index in [9.17, 15) is 9.59 Å². The van der Waals surface area contributed by atoms with Crippen LogP contribution in [0.3, 0.4) is 0 Å². The molecule has 0 spiro atoms. The van der Waals surface area contributed by atoms with Crippen LogP contribution in [0.4, 0.5) is 0 Å². The van der Waals surface area contributed by atoms with E-state index in [1.54, 1.807) is 48.5 Å². The number of carbonyl (C=O) groups is 2. The first-order valence-electron chi connectivity index (χ1n) is 10.3. The summed E-state index contributed by atoms with van der Waals surface area (Å²) < 4.78 is 11.4. The Labute approximate surface area is 182 Å². The number of rotatable bonds is 9. The lowest BCUT2D eigenvalue weighted by atomic mass is 10.2. The number of para-hydroxylation sites is 1. The van der Waals surface area contributed by atoms with Crippen LogP contribution in [-0.4, -0.2) is 25.0 Å². The largest absolute Gasteiger partial charge is 0.493 e. The van der Waals surface area contributed by atoms with Crippen molar-refractivity contribution in [3.05, 3.63) is 95.6 Å². The smallest absolute Gasteiger partial charge is 0.273 e. The minimum absolute atomic E-state index is 0.356. The summed E-state index contributed by atoms with van der Waals surface area (Å²) in [5.74, 6) is 0.183. The molecule has 2 N–H and O–H groups in total. The second-order valence-corrected chi connectivity index (χ2v) is 6.86. The number of carbonyl (C=O) groups excluding carboxylic acids is 2. The molecule has 0 heterocycles. The van der Waals surface area contributed by atoms with Crippen LogP contribution < -0.4 is 20.3 Å². The summed E-state index contributed by atoms with van der Waals surface area (Å²) in [7, 11) is 0. The van der Waals surface area contributed by atoms with E-state index in [2.05, 4.69) is 10.9 Å². The molecule has 0 saturated carbocycles. The van der Waals surface area contributed by atoms with Crippen LogP contribution in [0.1, 0.15) is 39.6 Å². The predicted molar refractivity (Wildman–Crippen MR) is 119 cm³/mol. The standard InChI is InChI=1S/C25H26N2O4/c1-2-16-31-23-14-7-6-13-22(23)25(29)27-26-24(28)20-11-8-12-21(18-20)30-17-15-19-9-4-3-5-10-19/h3-14,18H,2,15-17H2,1H3,(H,26,28)(H,27,29). The molecule has 0 atom stereocenters. The minimum atomic E-state index is -0.449. The van der Waals surface area contributed by atoms with E-state index in [4.69, 9.17) is 9.47 Å². The van der Waals surface area contributed by atoms with Crippen molar-refractivity contribution in [1.82, 2.24) is 10.9 Å². The third kappa shape index (κ3) is 6.60. The molecule has 0 bridgehead atoms. The molecule has 0 aliphatic heterocycles. The van der Waals surface area contributed by atoms with Gasteiger partial charge in [0.2, 0.25) is 0 Å². The molecule has 6 nitrogen and oxygen atoms in total. The Morgan fingerprint density at radius 2 is 1.52 bits per heavy atom. The summed E-state index contributed by atoms with van der Waals surface area (Å²) in [6.45, 7) is 3.00. The zero-order valence-electron chi connectivity index (χ0n) is 17.5. The number of hydrogen-bond donors (Lipinski definition) is 2. The van der Waals surface area contributed by atoms with Crippen molar-refractivity contribution < 1.29 is 19.1 Å². The van der Waals surface area contributed by atoms with Crippen LogP contribution >= 0.6 is 0 Å². The average Bonchev–Trinajstić information content (AvgIpc) is 2.82. The Morgan fingerprint density at radius 3 is 2.32 bits per heavy atom. The Morgan fingerprint density at radius 1 is 0.774 bits per heavy atom. The van der Waals surface area contributed by atoms with Crippen molar-refractivity contribution >= 4 is 11.8 Å². The molecule has 31 heavy (non-hydrogen) atoms. The Hall–Kier alpha value is -3.80. The predicted octanol–water partition coefficient (Wildman–Crippen LogP) is 4.17. The summed E-state index contributed by atoms with van der Waals surface area (Å²) in [4.78, 5) is 24.9. The van der Waals surface area contributed by atoms with Gasteiger partial charge in [0.25, 0.3) is 11.8 Å². The first-order valence-corrected chi connectivity index (χ1v) is 10.3. The molecule has 0 radical (unpaired) electrons. The van der Waals surface area contributed by atoms with E-state index in [-0.39, 0.29) is 0 Å². The molecule has 0 saturated heterocycles. The molecule has 0 aliphatic rings. The molecule has 3 rings (SSSR count). The summed E-state index contributed by atoms with van der Waals surface area (Å²) in [5.41, 5.74) is 6.80. The Bertz CT molecular complexity index is 1010. The first-order chi connectivity index (χ1) is 15.2. The highest BCUT2D eigenvalue weighted by Gasteiger charge is 2.14. The third-order valence-electron chi connectivity index (χ3n) is 4.48. The van der Waals surface area contributed by atoms with Crippen LogP contribution in [0.2, 0.25) is 0 Å². The van der Waals surface area contributed by atoms with E-state index >= 15 is 0 Å². The quantitative estimate of drug-likeness (QED) is 0.512. The second kappa shape index (κ2) is 11.4. The molecule has 2 amide bonds. The van der Waals surface area contributed by atoms with E-state index < -0.39 is 11.8 Å². The molecule has 0 aliphatic carbocycles. The number of nitrogens with one attached hydrogen (secondary N) is 2. The van der Waals surface area contributed by atoms with Crippen LogP contribution in [-0.2, 0) is 6.42 Å². The van der Waals surface area contributed by atoms with Gasteiger partial charge in [-0.2, -0.15) is 0 Å². The van der Waals surface area contributed by atoms with E-state index in [0.717, 1.165) is 12.8 Å². The van der Waals surface area contributed by atoms with Gasteiger partial charge in [-0.3, -0.25) is 20.4 Å². The molecule has 0 fully saturated rings. The number of hydrazine groups is 1. The summed E-state index contributed by atoms with van der Waals surface area (Å²) in [6.07, 6.45) is 1.60. The molecule has 3 aromatic carbocycles. The molecule has 6 heteroatoms. The fraction of sp³-hybridized carbons (Fsp3) is 0.200. The SMILES string of the molecule is CCCOc1ccccc1C(=O)NNC(=O)c1cccc(OCCc2ccccc2)c1. The maximum Gasteiger partial charge on any atom is 0.273 e. The van der Waals surface area contributed by atoms with Crippen molar-refractivity contribution in [3.63, 3.8) is 0 Å². The van der Waals surface area contributed by atoms with Gasteiger partial charge >= 0.3 is 0 Å². The van der Waals surface area contributed by atoms with E-state index in [1.165, 1.54) is 5.56 Å².